The summed E-state index contributed by atoms with van der Waals surface area (Å²) in [5.74, 6) is -0.0344. The van der Waals surface area contributed by atoms with Crippen LogP contribution in [0.4, 0.5) is 0 Å². The molecule has 0 spiro atoms. The van der Waals surface area contributed by atoms with Crippen molar-refractivity contribution in [2.24, 2.45) is 0 Å². The van der Waals surface area contributed by atoms with E-state index in [0.717, 1.165) is 37.0 Å². The van der Waals surface area contributed by atoms with Gasteiger partial charge in [0.1, 0.15) is 0 Å². The van der Waals surface area contributed by atoms with E-state index in [-0.39, 0.29) is 5.97 Å². The molecule has 1 aliphatic rings. The predicted molar refractivity (Wildman–Crippen MR) is 98.7 cm³/mol. The molecule has 0 bridgehead atoms. The highest BCUT2D eigenvalue weighted by atomic mass is 16.5. The summed E-state index contributed by atoms with van der Waals surface area (Å²) in [6.07, 6.45) is 7.93. The van der Waals surface area contributed by atoms with E-state index < -0.39 is 0 Å². The Labute approximate surface area is 146 Å². The number of ether oxygens (including phenoxy) is 1. The highest BCUT2D eigenvalue weighted by Crippen LogP contribution is 2.20. The van der Waals surface area contributed by atoms with E-state index in [2.05, 4.69) is 43.3 Å². The van der Waals surface area contributed by atoms with Gasteiger partial charge in [0, 0.05) is 0 Å². The van der Waals surface area contributed by atoms with Gasteiger partial charge < -0.3 is 9.22 Å². The zero-order chi connectivity index (χ0) is 17.3. The summed E-state index contributed by atoms with van der Waals surface area (Å²) < 4.78 is 6.22. The highest BCUT2D eigenvalue weighted by molar-refractivity contribution is 5.70. The minimum Gasteiger partial charge on any atom is -0.462 e. The molecule has 0 unspecified atom stereocenters. The molecule has 0 N–H and O–H groups in total. The first kappa shape index (κ1) is 18.7. The summed E-state index contributed by atoms with van der Waals surface area (Å²) in [7, 11) is 0. The Morgan fingerprint density at radius 1 is 1.17 bits per heavy atom. The van der Waals surface area contributed by atoms with Crippen LogP contribution in [-0.2, 0) is 16.0 Å². The fraction of sp³-hybridized carbons (Fsp3) is 0.571. The Balaban J connectivity index is 1.97. The minimum absolute atomic E-state index is 0.0344. The van der Waals surface area contributed by atoms with Crippen molar-refractivity contribution in [1.82, 2.24) is 0 Å². The zero-order valence-corrected chi connectivity index (χ0v) is 15.3. The third-order valence-corrected chi connectivity index (χ3v) is 4.85. The molecule has 1 aromatic carbocycles. The molecule has 1 aromatic rings. The van der Waals surface area contributed by atoms with E-state index in [1.807, 2.05) is 6.92 Å². The number of allylic oxidation sites excluding steroid dienone is 1. The molecule has 0 atom stereocenters. The monoisotopic (exact) mass is 330 g/mol. The number of hydrogen-bond donors (Lipinski definition) is 0. The van der Waals surface area contributed by atoms with E-state index in [0.29, 0.717) is 13.2 Å². The summed E-state index contributed by atoms with van der Waals surface area (Å²) in [4.78, 5) is 12.2. The van der Waals surface area contributed by atoms with Gasteiger partial charge in [-0.3, -0.25) is 0 Å². The van der Waals surface area contributed by atoms with E-state index >= 15 is 0 Å². The quantitative estimate of drug-likeness (QED) is 0.407. The molecule has 132 valence electrons. The summed E-state index contributed by atoms with van der Waals surface area (Å²) in [5.41, 5.74) is 2.73. The molecule has 0 saturated carbocycles. The van der Waals surface area contributed by atoms with Crippen molar-refractivity contribution in [2.75, 3.05) is 32.8 Å². The molecule has 0 aliphatic carbocycles. The number of esters is 1. The molecule has 3 nitrogen and oxygen atoms in total. The molecule has 24 heavy (non-hydrogen) atoms. The van der Waals surface area contributed by atoms with Gasteiger partial charge in [-0.05, 0) is 50.7 Å². The van der Waals surface area contributed by atoms with Crippen molar-refractivity contribution in [1.29, 1.82) is 0 Å². The second kappa shape index (κ2) is 9.63. The molecule has 0 aromatic heterocycles. The molecule has 0 radical (unpaired) electrons. The number of carbonyl (C=O) groups excluding carboxylic acids is 1. The third-order valence-electron chi connectivity index (χ3n) is 4.85. The lowest BCUT2D eigenvalue weighted by Crippen LogP contribution is -2.54. The Morgan fingerprint density at radius 2 is 1.88 bits per heavy atom. The Morgan fingerprint density at radius 3 is 2.54 bits per heavy atom. The fourth-order valence-corrected chi connectivity index (χ4v) is 3.46. The van der Waals surface area contributed by atoms with Crippen molar-refractivity contribution in [2.45, 2.75) is 46.0 Å². The van der Waals surface area contributed by atoms with Gasteiger partial charge in [-0.1, -0.05) is 42.8 Å². The first-order valence-electron chi connectivity index (χ1n) is 9.34. The molecule has 1 heterocycles. The molecule has 3 heteroatoms. The van der Waals surface area contributed by atoms with Crippen LogP contribution in [0.25, 0.3) is 0 Å². The summed E-state index contributed by atoms with van der Waals surface area (Å²) in [6, 6.07) is 10.6. The number of benzene rings is 1. The molecule has 0 amide bonds. The number of nitrogens with zero attached hydrogens (tertiary/aromatic N) is 1. The normalized spacial score (nSPS) is 17.5. The molecule has 1 saturated heterocycles. The maximum absolute atomic E-state index is 12.2. The lowest BCUT2D eigenvalue weighted by molar-refractivity contribution is -0.920. The van der Waals surface area contributed by atoms with Crippen molar-refractivity contribution >= 4 is 5.97 Å². The van der Waals surface area contributed by atoms with Crippen LogP contribution in [0.15, 0.2) is 42.0 Å². The van der Waals surface area contributed by atoms with Gasteiger partial charge in [0.15, 0.2) is 6.54 Å². The van der Waals surface area contributed by atoms with E-state index in [4.69, 9.17) is 4.74 Å². The van der Waals surface area contributed by atoms with Gasteiger partial charge in [0.2, 0.25) is 0 Å². The Bertz CT molecular complexity index is 530. The van der Waals surface area contributed by atoms with Crippen molar-refractivity contribution in [3.8, 4) is 0 Å². The number of hydrogen-bond acceptors (Lipinski definition) is 2. The highest BCUT2D eigenvalue weighted by Gasteiger charge is 2.32. The van der Waals surface area contributed by atoms with E-state index in [1.165, 1.54) is 30.4 Å². The summed E-state index contributed by atoms with van der Waals surface area (Å²) in [6.45, 7) is 8.43. The van der Waals surface area contributed by atoms with Crippen molar-refractivity contribution in [3.63, 3.8) is 0 Å². The maximum atomic E-state index is 12.2. The van der Waals surface area contributed by atoms with Crippen LogP contribution in [0.2, 0.25) is 0 Å². The maximum Gasteiger partial charge on any atom is 0.361 e. The van der Waals surface area contributed by atoms with Crippen LogP contribution in [0.5, 0.6) is 0 Å². The van der Waals surface area contributed by atoms with Crippen LogP contribution in [0.3, 0.4) is 0 Å². The van der Waals surface area contributed by atoms with Crippen LogP contribution in [0.1, 0.15) is 45.1 Å². The SMILES string of the molecule is CCCOC(=O)C[N+]1(C/C=C(/C)Cc2ccccc2)CCCCC1. The Kier molecular flexibility index (Phi) is 7.51. The van der Waals surface area contributed by atoms with Gasteiger partial charge in [-0.25, -0.2) is 4.79 Å². The van der Waals surface area contributed by atoms with Crippen molar-refractivity contribution < 1.29 is 14.0 Å². The van der Waals surface area contributed by atoms with Gasteiger partial charge in [0.25, 0.3) is 0 Å². The van der Waals surface area contributed by atoms with E-state index in [9.17, 15) is 4.79 Å². The van der Waals surface area contributed by atoms with Crippen LogP contribution in [0, 0.1) is 0 Å². The van der Waals surface area contributed by atoms with Crippen LogP contribution >= 0.6 is 0 Å². The summed E-state index contributed by atoms with van der Waals surface area (Å²) >= 11 is 0. The summed E-state index contributed by atoms with van der Waals surface area (Å²) in [5, 5.41) is 0. The molecule has 1 aliphatic heterocycles. The zero-order valence-electron chi connectivity index (χ0n) is 15.3. The fourth-order valence-electron chi connectivity index (χ4n) is 3.46. The lowest BCUT2D eigenvalue weighted by Gasteiger charge is -2.40. The number of piperidine rings is 1. The smallest absolute Gasteiger partial charge is 0.361 e. The van der Waals surface area contributed by atoms with Gasteiger partial charge in [-0.2, -0.15) is 0 Å². The van der Waals surface area contributed by atoms with Gasteiger partial charge in [0.05, 0.1) is 26.2 Å². The molecular weight excluding hydrogens is 298 g/mol. The Hall–Kier alpha value is -1.61. The van der Waals surface area contributed by atoms with Gasteiger partial charge in [-0.15, -0.1) is 0 Å². The van der Waals surface area contributed by atoms with Crippen LogP contribution in [-0.4, -0.2) is 43.2 Å². The first-order chi connectivity index (χ1) is 11.6. The van der Waals surface area contributed by atoms with E-state index in [1.54, 1.807) is 0 Å². The standard InChI is InChI=1S/C21H32NO2/c1-3-16-24-21(23)18-22(13-8-5-9-14-22)15-12-19(2)17-20-10-6-4-7-11-20/h4,6-7,10-12H,3,5,8-9,13-18H2,1-2H3/q+1/b19-12-. The van der Waals surface area contributed by atoms with Crippen LogP contribution < -0.4 is 0 Å². The molecular formula is C21H32NO2+. The van der Waals surface area contributed by atoms with Gasteiger partial charge >= 0.3 is 5.97 Å². The minimum atomic E-state index is -0.0344. The lowest BCUT2D eigenvalue weighted by atomic mass is 10.0. The second-order valence-corrected chi connectivity index (χ2v) is 7.12. The number of carbonyl (C=O) groups is 1. The number of rotatable bonds is 8. The largest absolute Gasteiger partial charge is 0.462 e. The number of quaternary nitrogens is 1. The third kappa shape index (κ3) is 6.12. The van der Waals surface area contributed by atoms with Crippen molar-refractivity contribution in [3.05, 3.63) is 47.5 Å². The molecule has 2 rings (SSSR count). The topological polar surface area (TPSA) is 26.3 Å². The predicted octanol–water partition coefficient (Wildman–Crippen LogP) is 4.13. The number of likely N-dealkylation sites (tertiary alicyclic amines) is 1. The molecule has 1 fully saturated rings. The second-order valence-electron chi connectivity index (χ2n) is 7.12. The first-order valence-corrected chi connectivity index (χ1v) is 9.34. The average Bonchev–Trinajstić information content (AvgIpc) is 2.60. The average molecular weight is 330 g/mol.